The minimum Gasteiger partial charge on any atom is -0.475 e. The number of hydrogen-bond acceptors (Lipinski definition) is 3. The van der Waals surface area contributed by atoms with E-state index in [0.29, 0.717) is 0 Å². The van der Waals surface area contributed by atoms with E-state index in [-0.39, 0.29) is 12.3 Å². The number of aliphatic hydroxyl groups is 1. The second-order valence-electron chi connectivity index (χ2n) is 4.63. The van der Waals surface area contributed by atoms with Crippen molar-refractivity contribution >= 4 is 23.4 Å². The van der Waals surface area contributed by atoms with Crippen LogP contribution < -0.4 is 0 Å². The summed E-state index contributed by atoms with van der Waals surface area (Å²) in [6.45, 7) is 5.29. The number of carboxylic acids is 1. The first-order chi connectivity index (χ1) is 6.70. The van der Waals surface area contributed by atoms with E-state index >= 15 is 0 Å². The van der Waals surface area contributed by atoms with Crippen LogP contribution in [0.3, 0.4) is 0 Å². The average Bonchev–Trinajstić information content (AvgIpc) is 2.10. The molecule has 0 aliphatic heterocycles. The molecule has 15 heavy (non-hydrogen) atoms. The minimum atomic E-state index is -1.46. The number of carboxylic acid groups (broad SMARTS) is 1. The number of aliphatic carboxylic acids is 1. The summed E-state index contributed by atoms with van der Waals surface area (Å²) >= 11 is 5.42. The second kappa shape index (κ2) is 5.47. The largest absolute Gasteiger partial charge is 0.475 e. The molecule has 0 aromatic carbocycles. The molecule has 1 unspecified atom stereocenters. The van der Waals surface area contributed by atoms with Gasteiger partial charge in [0.25, 0.3) is 0 Å². The Kier molecular flexibility index (Phi) is 5.24. The molecule has 5 heteroatoms. The fourth-order valence-electron chi connectivity index (χ4n) is 1.34. The summed E-state index contributed by atoms with van der Waals surface area (Å²) in [5, 5.41) is 18.0. The Morgan fingerprint density at radius 2 is 1.80 bits per heavy atom. The van der Waals surface area contributed by atoms with Crippen molar-refractivity contribution in [2.75, 3.05) is 5.88 Å². The SMILES string of the molecule is CC(C)(C)C(C[C@@H](O)CCl)C(=O)C(=O)O. The quantitative estimate of drug-likeness (QED) is 0.557. The average molecular weight is 237 g/mol. The number of ketones is 1. The molecule has 0 radical (unpaired) electrons. The van der Waals surface area contributed by atoms with Crippen LogP contribution in [0.25, 0.3) is 0 Å². The highest BCUT2D eigenvalue weighted by Gasteiger charge is 2.36. The molecular formula is C10H17ClO4. The standard InChI is InChI=1S/C10H17ClO4/c1-10(2,3)7(4-6(12)5-11)8(13)9(14)15/h6-7,12H,4-5H2,1-3H3,(H,14,15)/t6-,7?/m1/s1. The maximum Gasteiger partial charge on any atom is 0.372 e. The lowest BCUT2D eigenvalue weighted by Crippen LogP contribution is -2.36. The summed E-state index contributed by atoms with van der Waals surface area (Å²) in [6, 6.07) is 0. The van der Waals surface area contributed by atoms with Gasteiger partial charge in [-0.25, -0.2) is 4.79 Å². The van der Waals surface area contributed by atoms with Crippen molar-refractivity contribution in [3.8, 4) is 0 Å². The molecule has 0 amide bonds. The van der Waals surface area contributed by atoms with Crippen LogP contribution in [0.1, 0.15) is 27.2 Å². The zero-order valence-corrected chi connectivity index (χ0v) is 9.91. The van der Waals surface area contributed by atoms with Crippen molar-refractivity contribution < 1.29 is 19.8 Å². The molecule has 0 fully saturated rings. The molecule has 0 aliphatic rings. The summed E-state index contributed by atoms with van der Waals surface area (Å²) in [6.07, 6.45) is -0.766. The van der Waals surface area contributed by atoms with E-state index in [2.05, 4.69) is 0 Å². The fourth-order valence-corrected chi connectivity index (χ4v) is 1.46. The number of halogens is 1. The van der Waals surface area contributed by atoms with Crippen molar-refractivity contribution in [2.24, 2.45) is 11.3 Å². The van der Waals surface area contributed by atoms with E-state index in [1.807, 2.05) is 0 Å². The maximum atomic E-state index is 11.4. The zero-order valence-electron chi connectivity index (χ0n) is 9.16. The number of aliphatic hydroxyl groups excluding tert-OH is 1. The van der Waals surface area contributed by atoms with Crippen LogP contribution in [0.4, 0.5) is 0 Å². The number of carbonyl (C=O) groups is 2. The van der Waals surface area contributed by atoms with Crippen molar-refractivity contribution in [1.82, 2.24) is 0 Å². The van der Waals surface area contributed by atoms with Gasteiger partial charge >= 0.3 is 5.97 Å². The molecule has 0 saturated heterocycles. The van der Waals surface area contributed by atoms with Gasteiger partial charge in [0.15, 0.2) is 0 Å². The lowest BCUT2D eigenvalue weighted by atomic mass is 9.75. The Labute approximate surface area is 94.2 Å². The van der Waals surface area contributed by atoms with Gasteiger partial charge in [-0.15, -0.1) is 11.6 Å². The van der Waals surface area contributed by atoms with Gasteiger partial charge in [0.05, 0.1) is 6.10 Å². The third kappa shape index (κ3) is 4.62. The van der Waals surface area contributed by atoms with Crippen molar-refractivity contribution in [1.29, 1.82) is 0 Å². The zero-order chi connectivity index (χ0) is 12.2. The Balaban J connectivity index is 4.75. The van der Waals surface area contributed by atoms with E-state index in [4.69, 9.17) is 16.7 Å². The van der Waals surface area contributed by atoms with E-state index in [0.717, 1.165) is 0 Å². The van der Waals surface area contributed by atoms with Gasteiger partial charge in [-0.3, -0.25) is 4.79 Å². The first kappa shape index (κ1) is 14.4. The molecule has 0 aromatic rings. The maximum absolute atomic E-state index is 11.4. The Morgan fingerprint density at radius 3 is 2.07 bits per heavy atom. The lowest BCUT2D eigenvalue weighted by Gasteiger charge is -2.29. The number of hydrogen-bond donors (Lipinski definition) is 2. The first-order valence-corrected chi connectivity index (χ1v) is 5.24. The molecular weight excluding hydrogens is 220 g/mol. The summed E-state index contributed by atoms with van der Waals surface area (Å²) < 4.78 is 0. The van der Waals surface area contributed by atoms with Crippen LogP contribution in [0.2, 0.25) is 0 Å². The molecule has 4 nitrogen and oxygen atoms in total. The molecule has 0 spiro atoms. The van der Waals surface area contributed by atoms with E-state index in [1.54, 1.807) is 20.8 Å². The molecule has 0 aromatic heterocycles. The van der Waals surface area contributed by atoms with Crippen LogP contribution in [-0.4, -0.2) is 33.9 Å². The highest BCUT2D eigenvalue weighted by atomic mass is 35.5. The molecule has 0 bridgehead atoms. The van der Waals surface area contributed by atoms with Crippen LogP contribution in [0.5, 0.6) is 0 Å². The third-order valence-electron chi connectivity index (χ3n) is 2.26. The predicted molar refractivity (Wildman–Crippen MR) is 56.9 cm³/mol. The molecule has 88 valence electrons. The Morgan fingerprint density at radius 1 is 1.33 bits per heavy atom. The van der Waals surface area contributed by atoms with Crippen molar-refractivity contribution in [2.45, 2.75) is 33.3 Å². The van der Waals surface area contributed by atoms with Crippen LogP contribution in [0, 0.1) is 11.3 Å². The van der Waals surface area contributed by atoms with Gasteiger partial charge in [0, 0.05) is 11.8 Å². The molecule has 0 rings (SSSR count). The van der Waals surface area contributed by atoms with E-state index in [1.165, 1.54) is 0 Å². The van der Waals surface area contributed by atoms with Crippen LogP contribution in [-0.2, 0) is 9.59 Å². The highest BCUT2D eigenvalue weighted by Crippen LogP contribution is 2.30. The number of rotatable bonds is 5. The minimum absolute atomic E-state index is 0.000517. The van der Waals surface area contributed by atoms with Gasteiger partial charge in [0.1, 0.15) is 0 Å². The number of alkyl halides is 1. The fraction of sp³-hybridized carbons (Fsp3) is 0.800. The summed E-state index contributed by atoms with van der Waals surface area (Å²) in [5.41, 5.74) is -0.498. The van der Waals surface area contributed by atoms with Crippen molar-refractivity contribution in [3.05, 3.63) is 0 Å². The Bertz CT molecular complexity index is 244. The smallest absolute Gasteiger partial charge is 0.372 e. The van der Waals surface area contributed by atoms with Gasteiger partial charge in [0.2, 0.25) is 5.78 Å². The topological polar surface area (TPSA) is 74.6 Å². The Hall–Kier alpha value is -0.610. The highest BCUT2D eigenvalue weighted by molar-refractivity contribution is 6.33. The van der Waals surface area contributed by atoms with Crippen LogP contribution in [0.15, 0.2) is 0 Å². The van der Waals surface area contributed by atoms with Gasteiger partial charge in [-0.2, -0.15) is 0 Å². The lowest BCUT2D eigenvalue weighted by molar-refractivity contribution is -0.153. The monoisotopic (exact) mass is 236 g/mol. The number of Topliss-reactive ketones (excluding diaryl/α,β-unsaturated/α-hetero) is 1. The van der Waals surface area contributed by atoms with Crippen LogP contribution >= 0.6 is 11.6 Å². The van der Waals surface area contributed by atoms with E-state index in [9.17, 15) is 14.7 Å². The van der Waals surface area contributed by atoms with Crippen molar-refractivity contribution in [3.63, 3.8) is 0 Å². The normalized spacial score (nSPS) is 15.8. The predicted octanol–water partition coefficient (Wildman–Crippen LogP) is 1.29. The second-order valence-corrected chi connectivity index (χ2v) is 4.94. The molecule has 0 aliphatic carbocycles. The van der Waals surface area contributed by atoms with Gasteiger partial charge in [-0.05, 0) is 11.8 Å². The molecule has 0 heterocycles. The summed E-state index contributed by atoms with van der Waals surface area (Å²) in [4.78, 5) is 22.0. The number of carbonyl (C=O) groups excluding carboxylic acids is 1. The molecule has 0 saturated carbocycles. The summed E-state index contributed by atoms with van der Waals surface area (Å²) in [7, 11) is 0. The third-order valence-corrected chi connectivity index (χ3v) is 2.61. The first-order valence-electron chi connectivity index (χ1n) is 4.71. The van der Waals surface area contributed by atoms with E-state index < -0.39 is 29.2 Å². The molecule has 2 atom stereocenters. The van der Waals surface area contributed by atoms with Gasteiger partial charge in [-0.1, -0.05) is 20.8 Å². The van der Waals surface area contributed by atoms with Gasteiger partial charge < -0.3 is 10.2 Å². The molecule has 2 N–H and O–H groups in total. The summed E-state index contributed by atoms with van der Waals surface area (Å²) in [5.74, 6) is -3.05.